The molecule has 1 aliphatic heterocycles. The molecule has 0 saturated heterocycles. The number of para-hydroxylation sites is 1. The summed E-state index contributed by atoms with van der Waals surface area (Å²) in [5.41, 5.74) is 0.255. The molecule has 0 bridgehead atoms. The van der Waals surface area contributed by atoms with Crippen LogP contribution < -0.4 is 9.64 Å². The SMILES string of the molecule is COC(OC)c1nc2c(cc1C(F)F)CCCN2C(=O)Oc1ccccc1. The third-order valence-corrected chi connectivity index (χ3v) is 4.28. The van der Waals surface area contributed by atoms with E-state index < -0.39 is 18.8 Å². The van der Waals surface area contributed by atoms with Gasteiger partial charge in [0.2, 0.25) is 6.29 Å². The minimum Gasteiger partial charge on any atom is -0.410 e. The maximum Gasteiger partial charge on any atom is 0.420 e. The van der Waals surface area contributed by atoms with Gasteiger partial charge in [0.15, 0.2) is 0 Å². The van der Waals surface area contributed by atoms with Crippen LogP contribution in [0.15, 0.2) is 36.4 Å². The zero-order valence-corrected chi connectivity index (χ0v) is 15.0. The average molecular weight is 378 g/mol. The van der Waals surface area contributed by atoms with Crippen molar-refractivity contribution in [2.45, 2.75) is 25.6 Å². The van der Waals surface area contributed by atoms with Gasteiger partial charge in [0.1, 0.15) is 17.3 Å². The van der Waals surface area contributed by atoms with Crippen LogP contribution in [0.3, 0.4) is 0 Å². The molecule has 0 N–H and O–H groups in total. The number of methoxy groups -OCH3 is 2. The first-order valence-corrected chi connectivity index (χ1v) is 8.47. The third-order valence-electron chi connectivity index (χ3n) is 4.28. The van der Waals surface area contributed by atoms with Gasteiger partial charge in [-0.1, -0.05) is 18.2 Å². The maximum absolute atomic E-state index is 13.5. The number of aryl methyl sites for hydroxylation is 1. The Hall–Kier alpha value is -2.58. The molecule has 2 heterocycles. The number of amides is 1. The zero-order valence-electron chi connectivity index (χ0n) is 15.0. The van der Waals surface area contributed by atoms with E-state index in [0.717, 1.165) is 0 Å². The number of halogens is 2. The van der Waals surface area contributed by atoms with Crippen molar-refractivity contribution in [3.05, 3.63) is 53.2 Å². The number of rotatable bonds is 5. The lowest BCUT2D eigenvalue weighted by Gasteiger charge is -2.29. The lowest BCUT2D eigenvalue weighted by Crippen LogP contribution is -2.38. The number of fused-ring (bicyclic) bond motifs is 1. The van der Waals surface area contributed by atoms with E-state index in [4.69, 9.17) is 14.2 Å². The van der Waals surface area contributed by atoms with Crippen molar-refractivity contribution in [2.24, 2.45) is 0 Å². The molecule has 0 fully saturated rings. The van der Waals surface area contributed by atoms with Crippen molar-refractivity contribution in [3.8, 4) is 5.75 Å². The molecule has 2 aromatic rings. The van der Waals surface area contributed by atoms with Crippen molar-refractivity contribution in [1.29, 1.82) is 0 Å². The minimum absolute atomic E-state index is 0.0480. The van der Waals surface area contributed by atoms with Gasteiger partial charge in [0.25, 0.3) is 6.43 Å². The second kappa shape index (κ2) is 8.41. The highest BCUT2D eigenvalue weighted by Crippen LogP contribution is 2.35. The van der Waals surface area contributed by atoms with Crippen LogP contribution in [0.1, 0.15) is 36.0 Å². The van der Waals surface area contributed by atoms with E-state index in [9.17, 15) is 13.6 Å². The molecular formula is C19H20F2N2O4. The Kier molecular flexibility index (Phi) is 5.98. The summed E-state index contributed by atoms with van der Waals surface area (Å²) in [5, 5.41) is 0. The van der Waals surface area contributed by atoms with Crippen LogP contribution in [0.25, 0.3) is 0 Å². The summed E-state index contributed by atoms with van der Waals surface area (Å²) in [6.45, 7) is 0.379. The number of pyridine rings is 1. The van der Waals surface area contributed by atoms with Gasteiger partial charge >= 0.3 is 6.09 Å². The Morgan fingerprint density at radius 3 is 2.52 bits per heavy atom. The molecule has 0 saturated carbocycles. The molecule has 0 unspecified atom stereocenters. The second-order valence-corrected chi connectivity index (χ2v) is 5.99. The number of aromatic nitrogens is 1. The fourth-order valence-corrected chi connectivity index (χ4v) is 3.03. The van der Waals surface area contributed by atoms with Crippen molar-refractivity contribution in [2.75, 3.05) is 25.7 Å². The van der Waals surface area contributed by atoms with E-state index in [0.29, 0.717) is 36.5 Å². The highest BCUT2D eigenvalue weighted by molar-refractivity contribution is 5.89. The normalized spacial score (nSPS) is 13.8. The van der Waals surface area contributed by atoms with E-state index in [-0.39, 0.29) is 11.3 Å². The van der Waals surface area contributed by atoms with E-state index in [1.165, 1.54) is 25.2 Å². The minimum atomic E-state index is -2.74. The largest absolute Gasteiger partial charge is 0.420 e. The monoisotopic (exact) mass is 378 g/mol. The van der Waals surface area contributed by atoms with Crippen molar-refractivity contribution in [3.63, 3.8) is 0 Å². The molecule has 0 radical (unpaired) electrons. The fraction of sp³-hybridized carbons (Fsp3) is 0.368. The molecule has 1 aliphatic rings. The van der Waals surface area contributed by atoms with Crippen LogP contribution in [-0.4, -0.2) is 31.8 Å². The summed E-state index contributed by atoms with van der Waals surface area (Å²) in [7, 11) is 2.68. The third kappa shape index (κ3) is 4.06. The number of carbonyl (C=O) groups is 1. The molecule has 6 nitrogen and oxygen atoms in total. The molecule has 0 spiro atoms. The quantitative estimate of drug-likeness (QED) is 0.728. The van der Waals surface area contributed by atoms with E-state index in [1.807, 2.05) is 6.07 Å². The standard InChI is InChI=1S/C19H20F2N2O4/c1-25-18(26-2)15-14(16(20)21)11-12-7-6-10-23(17(12)22-15)19(24)27-13-8-4-3-5-9-13/h3-5,8-9,11,16,18H,6-7,10H2,1-2H3. The molecule has 0 atom stereocenters. The summed E-state index contributed by atoms with van der Waals surface area (Å²) in [6, 6.07) is 10.00. The van der Waals surface area contributed by atoms with Crippen molar-refractivity contribution < 1.29 is 27.8 Å². The second-order valence-electron chi connectivity index (χ2n) is 5.99. The molecule has 1 amide bonds. The molecule has 144 valence electrons. The van der Waals surface area contributed by atoms with Crippen molar-refractivity contribution >= 4 is 11.9 Å². The van der Waals surface area contributed by atoms with Crippen LogP contribution in [0.2, 0.25) is 0 Å². The van der Waals surface area contributed by atoms with Gasteiger partial charge < -0.3 is 14.2 Å². The summed E-state index contributed by atoms with van der Waals surface area (Å²) < 4.78 is 42.6. The maximum atomic E-state index is 13.5. The predicted molar refractivity (Wildman–Crippen MR) is 94.1 cm³/mol. The van der Waals surface area contributed by atoms with Gasteiger partial charge in [-0.3, -0.25) is 4.90 Å². The van der Waals surface area contributed by atoms with Gasteiger partial charge in [-0.25, -0.2) is 18.6 Å². The Bertz CT molecular complexity index is 798. The summed E-state index contributed by atoms with van der Waals surface area (Å²) in [6.07, 6.45) is -3.25. The molecule has 8 heteroatoms. The number of nitrogens with zero attached hydrogens (tertiary/aromatic N) is 2. The van der Waals surface area contributed by atoms with Gasteiger partial charge in [-0.05, 0) is 36.6 Å². The lowest BCUT2D eigenvalue weighted by molar-refractivity contribution is -0.110. The fourth-order valence-electron chi connectivity index (χ4n) is 3.03. The molecule has 1 aromatic carbocycles. The number of ether oxygens (including phenoxy) is 3. The Labute approximate surface area is 155 Å². The number of anilines is 1. The highest BCUT2D eigenvalue weighted by Gasteiger charge is 2.31. The number of benzene rings is 1. The molecule has 1 aromatic heterocycles. The molecule has 27 heavy (non-hydrogen) atoms. The number of hydrogen-bond donors (Lipinski definition) is 0. The van der Waals surface area contributed by atoms with E-state index in [1.54, 1.807) is 24.3 Å². The topological polar surface area (TPSA) is 60.9 Å². The van der Waals surface area contributed by atoms with Crippen LogP contribution in [0, 0.1) is 0 Å². The summed E-state index contributed by atoms with van der Waals surface area (Å²) in [4.78, 5) is 18.3. The number of alkyl halides is 2. The van der Waals surface area contributed by atoms with Gasteiger partial charge in [-0.15, -0.1) is 0 Å². The number of hydrogen-bond acceptors (Lipinski definition) is 5. The molecule has 3 rings (SSSR count). The Balaban J connectivity index is 1.98. The first-order chi connectivity index (χ1) is 13.0. The van der Waals surface area contributed by atoms with Crippen LogP contribution in [-0.2, 0) is 15.9 Å². The van der Waals surface area contributed by atoms with E-state index >= 15 is 0 Å². The summed E-state index contributed by atoms with van der Waals surface area (Å²) >= 11 is 0. The van der Waals surface area contributed by atoms with Crippen molar-refractivity contribution in [1.82, 2.24) is 4.98 Å². The first-order valence-electron chi connectivity index (χ1n) is 8.47. The average Bonchev–Trinajstić information content (AvgIpc) is 2.68. The highest BCUT2D eigenvalue weighted by atomic mass is 19.3. The van der Waals surface area contributed by atoms with Gasteiger partial charge in [0.05, 0.1) is 0 Å². The Morgan fingerprint density at radius 2 is 1.89 bits per heavy atom. The van der Waals surface area contributed by atoms with Crippen LogP contribution in [0.5, 0.6) is 5.75 Å². The van der Waals surface area contributed by atoms with Crippen LogP contribution in [0.4, 0.5) is 19.4 Å². The number of carbonyl (C=O) groups excluding carboxylic acids is 1. The first kappa shape index (κ1) is 19.2. The van der Waals surface area contributed by atoms with Gasteiger partial charge in [0, 0.05) is 26.3 Å². The molecular weight excluding hydrogens is 358 g/mol. The van der Waals surface area contributed by atoms with Crippen LogP contribution >= 0.6 is 0 Å². The molecule has 0 aliphatic carbocycles. The predicted octanol–water partition coefficient (Wildman–Crippen LogP) is 4.26. The lowest BCUT2D eigenvalue weighted by atomic mass is 10.0. The van der Waals surface area contributed by atoms with Gasteiger partial charge in [-0.2, -0.15) is 0 Å². The smallest absolute Gasteiger partial charge is 0.410 e. The Morgan fingerprint density at radius 1 is 1.19 bits per heavy atom. The summed E-state index contributed by atoms with van der Waals surface area (Å²) in [5.74, 6) is 0.686. The zero-order chi connectivity index (χ0) is 19.4. The van der Waals surface area contributed by atoms with E-state index in [2.05, 4.69) is 4.98 Å².